The molecule has 0 atom stereocenters. The van der Waals surface area contributed by atoms with Crippen molar-refractivity contribution < 1.29 is 0 Å². The number of rotatable bonds is 3. The maximum absolute atomic E-state index is 4.37. The zero-order valence-corrected chi connectivity index (χ0v) is 12.3. The second kappa shape index (κ2) is 9.03. The zero-order valence-electron chi connectivity index (χ0n) is 12.3. The minimum absolute atomic E-state index is 0.426. The Morgan fingerprint density at radius 1 is 1.50 bits per heavy atom. The highest BCUT2D eigenvalue weighted by Crippen LogP contribution is 2.19. The molecule has 0 saturated carbocycles. The first-order valence-corrected chi connectivity index (χ1v) is 7.01. The van der Waals surface area contributed by atoms with Crippen LogP contribution in [-0.2, 0) is 0 Å². The van der Waals surface area contributed by atoms with Gasteiger partial charge in [0.05, 0.1) is 17.9 Å². The molecule has 1 aromatic heterocycles. The Hall–Kier alpha value is -1.95. The number of guanidine groups is 1. The molecule has 2 heterocycles. The normalized spacial score (nSPS) is 16.0. The number of hydrogen-bond donors (Lipinski definition) is 2. The van der Waals surface area contributed by atoms with Crippen molar-refractivity contribution >= 4 is 18.4 Å². The van der Waals surface area contributed by atoms with Crippen LogP contribution >= 0.6 is 0 Å². The third-order valence-corrected chi connectivity index (χ3v) is 2.90. The Morgan fingerprint density at radius 3 is 2.80 bits per heavy atom. The van der Waals surface area contributed by atoms with Crippen molar-refractivity contribution in [2.24, 2.45) is 9.98 Å². The smallest absolute Gasteiger partial charge is 0.226 e. The molecule has 0 aromatic carbocycles. The number of aromatic nitrogens is 2. The SMILES string of the molecule is C=CN=C(N=C)Nc1cnn(C2CCNCC2)c1.CC. The number of piperidine rings is 1. The van der Waals surface area contributed by atoms with Gasteiger partial charge in [-0.15, -0.1) is 0 Å². The number of hydrogen-bond acceptors (Lipinski definition) is 3. The van der Waals surface area contributed by atoms with E-state index in [1.54, 1.807) is 6.20 Å². The van der Waals surface area contributed by atoms with Crippen molar-refractivity contribution in [3.8, 4) is 0 Å². The summed E-state index contributed by atoms with van der Waals surface area (Å²) in [4.78, 5) is 7.72. The van der Waals surface area contributed by atoms with Crippen LogP contribution in [0.1, 0.15) is 32.7 Å². The Bertz CT molecular complexity index is 442. The van der Waals surface area contributed by atoms with Crippen molar-refractivity contribution in [2.45, 2.75) is 32.7 Å². The molecule has 6 heteroatoms. The fourth-order valence-corrected chi connectivity index (χ4v) is 2.00. The van der Waals surface area contributed by atoms with E-state index in [2.05, 4.69) is 39.0 Å². The second-order valence-electron chi connectivity index (χ2n) is 4.11. The molecule has 1 aromatic rings. The largest absolute Gasteiger partial charge is 0.322 e. The van der Waals surface area contributed by atoms with Gasteiger partial charge in [0, 0.05) is 12.4 Å². The molecule has 0 amide bonds. The molecule has 1 saturated heterocycles. The average Bonchev–Trinajstić information content (AvgIpc) is 2.98. The van der Waals surface area contributed by atoms with E-state index in [1.807, 2.05) is 24.7 Å². The highest BCUT2D eigenvalue weighted by Gasteiger charge is 2.15. The van der Waals surface area contributed by atoms with Gasteiger partial charge in [0.2, 0.25) is 5.96 Å². The van der Waals surface area contributed by atoms with Gasteiger partial charge < -0.3 is 10.6 Å². The third-order valence-electron chi connectivity index (χ3n) is 2.90. The predicted molar refractivity (Wildman–Crippen MR) is 85.5 cm³/mol. The summed E-state index contributed by atoms with van der Waals surface area (Å²) in [5.41, 5.74) is 0.863. The minimum Gasteiger partial charge on any atom is -0.322 e. The van der Waals surface area contributed by atoms with E-state index >= 15 is 0 Å². The van der Waals surface area contributed by atoms with Gasteiger partial charge >= 0.3 is 0 Å². The van der Waals surface area contributed by atoms with Crippen LogP contribution in [0.2, 0.25) is 0 Å². The minimum atomic E-state index is 0.426. The highest BCUT2D eigenvalue weighted by atomic mass is 15.3. The lowest BCUT2D eigenvalue weighted by Crippen LogP contribution is -2.29. The van der Waals surface area contributed by atoms with Crippen LogP contribution in [-0.4, -0.2) is 35.5 Å². The molecule has 20 heavy (non-hydrogen) atoms. The Labute approximate surface area is 120 Å². The molecule has 2 N–H and O–H groups in total. The van der Waals surface area contributed by atoms with Crippen LogP contribution in [0.15, 0.2) is 35.2 Å². The Balaban J connectivity index is 0.000000956. The predicted octanol–water partition coefficient (Wildman–Crippen LogP) is 2.45. The number of nitrogens with zero attached hydrogens (tertiary/aromatic N) is 4. The van der Waals surface area contributed by atoms with Gasteiger partial charge in [0.15, 0.2) is 0 Å². The molecular weight excluding hydrogens is 252 g/mol. The van der Waals surface area contributed by atoms with Crippen LogP contribution in [0.5, 0.6) is 0 Å². The molecule has 1 aliphatic heterocycles. The van der Waals surface area contributed by atoms with E-state index < -0.39 is 0 Å². The summed E-state index contributed by atoms with van der Waals surface area (Å²) in [7, 11) is 0. The molecule has 1 aliphatic rings. The molecule has 0 spiro atoms. The number of nitrogens with one attached hydrogen (secondary N) is 2. The van der Waals surface area contributed by atoms with Crippen molar-refractivity contribution in [3.63, 3.8) is 0 Å². The zero-order chi connectivity index (χ0) is 14.8. The molecule has 110 valence electrons. The van der Waals surface area contributed by atoms with Crippen molar-refractivity contribution in [1.29, 1.82) is 0 Å². The molecule has 0 aliphatic carbocycles. The fourth-order valence-electron chi connectivity index (χ4n) is 2.00. The molecule has 1 fully saturated rings. The summed E-state index contributed by atoms with van der Waals surface area (Å²) in [6.07, 6.45) is 7.38. The van der Waals surface area contributed by atoms with E-state index in [1.165, 1.54) is 6.20 Å². The van der Waals surface area contributed by atoms with Gasteiger partial charge in [-0.1, -0.05) is 20.4 Å². The van der Waals surface area contributed by atoms with Gasteiger partial charge in [-0.25, -0.2) is 9.98 Å². The number of anilines is 1. The quantitative estimate of drug-likeness (QED) is 0.658. The fraction of sp³-hybridized carbons (Fsp3) is 0.500. The standard InChI is InChI=1S/C12H18N6.C2H6/c1-3-15-12(13-2)17-10-8-16-18(9-10)11-4-6-14-7-5-11;1-2/h3,8-9,11,14H,1-2,4-7H2,(H,15,17);1-2H3. The van der Waals surface area contributed by atoms with E-state index in [4.69, 9.17) is 0 Å². The van der Waals surface area contributed by atoms with E-state index in [9.17, 15) is 0 Å². The maximum atomic E-state index is 4.37. The topological polar surface area (TPSA) is 66.6 Å². The first kappa shape index (κ1) is 16.1. The molecule has 6 nitrogen and oxygen atoms in total. The van der Waals surface area contributed by atoms with Gasteiger partial charge in [-0.2, -0.15) is 5.10 Å². The van der Waals surface area contributed by atoms with Gasteiger partial charge in [-0.05, 0) is 32.6 Å². The lowest BCUT2D eigenvalue weighted by Gasteiger charge is -2.22. The van der Waals surface area contributed by atoms with Crippen LogP contribution < -0.4 is 10.6 Å². The van der Waals surface area contributed by atoms with Crippen molar-refractivity contribution in [1.82, 2.24) is 15.1 Å². The third kappa shape index (κ3) is 4.62. The lowest BCUT2D eigenvalue weighted by atomic mass is 10.1. The Kier molecular flexibility index (Phi) is 7.27. The monoisotopic (exact) mass is 276 g/mol. The van der Waals surface area contributed by atoms with Gasteiger partial charge in [0.1, 0.15) is 0 Å². The molecule has 0 bridgehead atoms. The van der Waals surface area contributed by atoms with Crippen LogP contribution in [0.4, 0.5) is 5.69 Å². The summed E-state index contributed by atoms with van der Waals surface area (Å²) >= 11 is 0. The highest BCUT2D eigenvalue weighted by molar-refractivity contribution is 5.96. The van der Waals surface area contributed by atoms with Crippen LogP contribution in [0.25, 0.3) is 0 Å². The average molecular weight is 276 g/mol. The summed E-state index contributed by atoms with van der Waals surface area (Å²) in [6.45, 7) is 13.1. The molecule has 0 radical (unpaired) electrons. The molecule has 0 unspecified atom stereocenters. The van der Waals surface area contributed by atoms with E-state index in [0.29, 0.717) is 12.0 Å². The summed E-state index contributed by atoms with van der Waals surface area (Å²) in [5.74, 6) is 0.426. The van der Waals surface area contributed by atoms with Gasteiger partial charge in [-0.3, -0.25) is 4.68 Å². The van der Waals surface area contributed by atoms with E-state index in [-0.39, 0.29) is 0 Å². The van der Waals surface area contributed by atoms with Crippen LogP contribution in [0.3, 0.4) is 0 Å². The maximum Gasteiger partial charge on any atom is 0.226 e. The van der Waals surface area contributed by atoms with Crippen molar-refractivity contribution in [2.75, 3.05) is 18.4 Å². The van der Waals surface area contributed by atoms with Crippen LogP contribution in [0, 0.1) is 0 Å². The van der Waals surface area contributed by atoms with Crippen molar-refractivity contribution in [3.05, 3.63) is 25.2 Å². The molecule has 2 rings (SSSR count). The summed E-state index contributed by atoms with van der Waals surface area (Å²) in [6, 6.07) is 0.471. The first-order valence-electron chi connectivity index (χ1n) is 7.01. The van der Waals surface area contributed by atoms with Gasteiger partial charge in [0.25, 0.3) is 0 Å². The summed E-state index contributed by atoms with van der Waals surface area (Å²) in [5, 5.41) is 10.7. The molecular formula is C14H24N6. The Morgan fingerprint density at radius 2 is 2.20 bits per heavy atom. The lowest BCUT2D eigenvalue weighted by molar-refractivity contribution is 0.343. The summed E-state index contributed by atoms with van der Waals surface area (Å²) < 4.78 is 2.00. The number of aliphatic imine (C=N–C) groups is 2. The second-order valence-corrected chi connectivity index (χ2v) is 4.11. The first-order chi connectivity index (χ1) is 9.83. The van der Waals surface area contributed by atoms with E-state index in [0.717, 1.165) is 31.6 Å².